The van der Waals surface area contributed by atoms with Gasteiger partial charge in [-0.15, -0.1) is 11.8 Å². The first-order valence-corrected chi connectivity index (χ1v) is 8.88. The lowest BCUT2D eigenvalue weighted by molar-refractivity contribution is 0.101. The summed E-state index contributed by atoms with van der Waals surface area (Å²) in [5, 5.41) is 11.1. The van der Waals surface area contributed by atoms with Crippen molar-refractivity contribution in [2.45, 2.75) is 5.75 Å². The second-order valence-corrected chi connectivity index (χ2v) is 6.27. The zero-order valence-electron chi connectivity index (χ0n) is 14.1. The standard InChI is InChI=1S/C20H17NO4S/c1-21-20(26-13-14-7-3-2-4-8-14)17(18(22)15-9-5-11-24-15)19(23)16-10-6-12-25-16/h2-12,22H,13H2,1H3/b18-17+,21-20?. The van der Waals surface area contributed by atoms with Crippen molar-refractivity contribution < 1.29 is 18.7 Å². The van der Waals surface area contributed by atoms with Crippen LogP contribution in [0, 0.1) is 0 Å². The van der Waals surface area contributed by atoms with Crippen molar-refractivity contribution in [3.63, 3.8) is 0 Å². The Morgan fingerprint density at radius 3 is 2.23 bits per heavy atom. The molecule has 0 amide bonds. The number of benzene rings is 1. The normalized spacial score (nSPS) is 12.7. The van der Waals surface area contributed by atoms with Crippen molar-refractivity contribution in [1.82, 2.24) is 0 Å². The quantitative estimate of drug-likeness (QED) is 0.218. The van der Waals surface area contributed by atoms with Crippen LogP contribution in [0.4, 0.5) is 0 Å². The maximum atomic E-state index is 12.9. The summed E-state index contributed by atoms with van der Waals surface area (Å²) in [6.45, 7) is 0. The van der Waals surface area contributed by atoms with Gasteiger partial charge in [-0.3, -0.25) is 9.79 Å². The van der Waals surface area contributed by atoms with Crippen LogP contribution in [0.5, 0.6) is 0 Å². The molecule has 0 spiro atoms. The number of Topliss-reactive ketones (excluding diaryl/α,β-unsaturated/α-hetero) is 1. The number of hydrogen-bond acceptors (Lipinski definition) is 6. The van der Waals surface area contributed by atoms with Gasteiger partial charge in [0.25, 0.3) is 0 Å². The number of aliphatic hydroxyl groups is 1. The first-order chi connectivity index (χ1) is 12.7. The van der Waals surface area contributed by atoms with Gasteiger partial charge in [0, 0.05) is 12.8 Å². The maximum Gasteiger partial charge on any atom is 0.234 e. The molecule has 1 N–H and O–H groups in total. The van der Waals surface area contributed by atoms with Crippen molar-refractivity contribution in [2.24, 2.45) is 4.99 Å². The van der Waals surface area contributed by atoms with E-state index in [0.717, 1.165) is 5.56 Å². The lowest BCUT2D eigenvalue weighted by Gasteiger charge is -2.10. The first-order valence-electron chi connectivity index (χ1n) is 7.90. The molecule has 0 bridgehead atoms. The topological polar surface area (TPSA) is 75.9 Å². The summed E-state index contributed by atoms with van der Waals surface area (Å²) in [5.41, 5.74) is 1.14. The van der Waals surface area contributed by atoms with Gasteiger partial charge in [0.05, 0.1) is 12.5 Å². The molecule has 0 aliphatic rings. The molecule has 2 aromatic heterocycles. The molecule has 6 heteroatoms. The second-order valence-electron chi connectivity index (χ2n) is 5.31. The van der Waals surface area contributed by atoms with E-state index in [1.54, 1.807) is 31.3 Å². The van der Waals surface area contributed by atoms with Gasteiger partial charge in [-0.2, -0.15) is 0 Å². The Labute approximate surface area is 155 Å². The molecule has 132 valence electrons. The van der Waals surface area contributed by atoms with Gasteiger partial charge >= 0.3 is 0 Å². The van der Waals surface area contributed by atoms with Gasteiger partial charge in [0.2, 0.25) is 5.78 Å². The van der Waals surface area contributed by atoms with Crippen molar-refractivity contribution in [1.29, 1.82) is 0 Å². The molecular weight excluding hydrogens is 350 g/mol. The maximum absolute atomic E-state index is 12.9. The van der Waals surface area contributed by atoms with E-state index in [9.17, 15) is 9.90 Å². The van der Waals surface area contributed by atoms with Crippen LogP contribution in [0.3, 0.4) is 0 Å². The van der Waals surface area contributed by atoms with E-state index in [1.165, 1.54) is 24.3 Å². The average molecular weight is 367 g/mol. The number of carbonyl (C=O) groups excluding carboxylic acids is 1. The first kappa shape index (κ1) is 17.8. The van der Waals surface area contributed by atoms with E-state index < -0.39 is 5.78 Å². The smallest absolute Gasteiger partial charge is 0.234 e. The van der Waals surface area contributed by atoms with Gasteiger partial charge in [0.15, 0.2) is 17.3 Å². The monoisotopic (exact) mass is 367 g/mol. The fourth-order valence-corrected chi connectivity index (χ4v) is 3.31. The molecule has 0 fully saturated rings. The molecule has 0 unspecified atom stereocenters. The molecule has 0 saturated carbocycles. The summed E-state index contributed by atoms with van der Waals surface area (Å²) in [5.74, 6) is 0.206. The minimum atomic E-state index is -0.454. The Hall–Kier alpha value is -2.99. The molecule has 1 aromatic carbocycles. The summed E-state index contributed by atoms with van der Waals surface area (Å²) < 4.78 is 10.5. The summed E-state index contributed by atoms with van der Waals surface area (Å²) >= 11 is 1.36. The highest BCUT2D eigenvalue weighted by Crippen LogP contribution is 2.27. The highest BCUT2D eigenvalue weighted by atomic mass is 32.2. The SMILES string of the molecule is CN=C(SCc1ccccc1)/C(C(=O)c1ccco1)=C(/O)c1ccco1. The number of ketones is 1. The van der Waals surface area contributed by atoms with E-state index in [2.05, 4.69) is 4.99 Å². The molecule has 0 atom stereocenters. The lowest BCUT2D eigenvalue weighted by atomic mass is 10.1. The molecule has 3 rings (SSSR count). The Morgan fingerprint density at radius 1 is 1.00 bits per heavy atom. The predicted octanol–water partition coefficient (Wildman–Crippen LogP) is 4.99. The largest absolute Gasteiger partial charge is 0.504 e. The molecule has 0 aliphatic carbocycles. The minimum Gasteiger partial charge on any atom is -0.504 e. The highest BCUT2D eigenvalue weighted by Gasteiger charge is 2.26. The number of nitrogens with zero attached hydrogens (tertiary/aromatic N) is 1. The number of thioether (sulfide) groups is 1. The van der Waals surface area contributed by atoms with Crippen LogP contribution in [-0.4, -0.2) is 23.0 Å². The van der Waals surface area contributed by atoms with E-state index in [0.29, 0.717) is 10.8 Å². The van der Waals surface area contributed by atoms with Gasteiger partial charge in [0.1, 0.15) is 10.6 Å². The fourth-order valence-electron chi connectivity index (χ4n) is 2.35. The Kier molecular flexibility index (Phi) is 5.76. The van der Waals surface area contributed by atoms with E-state index in [1.807, 2.05) is 30.3 Å². The van der Waals surface area contributed by atoms with Crippen LogP contribution in [0.1, 0.15) is 21.9 Å². The average Bonchev–Trinajstić information content (AvgIpc) is 3.39. The van der Waals surface area contributed by atoms with Crippen LogP contribution in [0.15, 0.2) is 86.5 Å². The van der Waals surface area contributed by atoms with E-state index >= 15 is 0 Å². The summed E-state index contributed by atoms with van der Waals surface area (Å²) in [6, 6.07) is 16.2. The highest BCUT2D eigenvalue weighted by molar-refractivity contribution is 8.13. The molecule has 0 radical (unpaired) electrons. The van der Waals surface area contributed by atoms with E-state index in [-0.39, 0.29) is 22.9 Å². The Balaban J connectivity index is 1.96. The molecule has 5 nitrogen and oxygen atoms in total. The third-order valence-corrected chi connectivity index (χ3v) is 4.74. The molecule has 0 aliphatic heterocycles. The summed E-state index contributed by atoms with van der Waals surface area (Å²) in [6.07, 6.45) is 2.84. The fraction of sp³-hybridized carbons (Fsp3) is 0.100. The molecular formula is C20H17NO4S. The van der Waals surface area contributed by atoms with Crippen molar-refractivity contribution in [3.8, 4) is 0 Å². The zero-order valence-corrected chi connectivity index (χ0v) is 14.9. The predicted molar refractivity (Wildman–Crippen MR) is 102 cm³/mol. The van der Waals surface area contributed by atoms with Crippen molar-refractivity contribution >= 4 is 28.3 Å². The number of carbonyl (C=O) groups is 1. The third-order valence-electron chi connectivity index (χ3n) is 3.60. The van der Waals surface area contributed by atoms with Crippen LogP contribution < -0.4 is 0 Å². The van der Waals surface area contributed by atoms with Crippen LogP contribution >= 0.6 is 11.8 Å². The van der Waals surface area contributed by atoms with Crippen LogP contribution in [0.25, 0.3) is 5.76 Å². The number of aliphatic hydroxyl groups excluding tert-OH is 1. The van der Waals surface area contributed by atoms with E-state index in [4.69, 9.17) is 8.83 Å². The third kappa shape index (κ3) is 3.97. The molecule has 3 aromatic rings. The second kappa shape index (κ2) is 8.40. The Morgan fingerprint density at radius 2 is 1.65 bits per heavy atom. The molecule has 26 heavy (non-hydrogen) atoms. The van der Waals surface area contributed by atoms with Crippen LogP contribution in [0.2, 0.25) is 0 Å². The number of rotatable bonds is 6. The summed E-state index contributed by atoms with van der Waals surface area (Å²) in [4.78, 5) is 17.1. The number of furan rings is 2. The summed E-state index contributed by atoms with van der Waals surface area (Å²) in [7, 11) is 1.58. The van der Waals surface area contributed by atoms with Crippen molar-refractivity contribution in [2.75, 3.05) is 7.05 Å². The number of aliphatic imine (C=N–C) groups is 1. The van der Waals surface area contributed by atoms with Gasteiger partial charge in [-0.1, -0.05) is 30.3 Å². The van der Waals surface area contributed by atoms with Crippen molar-refractivity contribution in [3.05, 3.63) is 89.8 Å². The molecule has 0 saturated heterocycles. The lowest BCUT2D eigenvalue weighted by Crippen LogP contribution is -2.13. The van der Waals surface area contributed by atoms with Crippen LogP contribution in [-0.2, 0) is 5.75 Å². The van der Waals surface area contributed by atoms with Gasteiger partial charge < -0.3 is 13.9 Å². The zero-order chi connectivity index (χ0) is 18.4. The van der Waals surface area contributed by atoms with Gasteiger partial charge in [-0.25, -0.2) is 0 Å². The number of hydrogen-bond donors (Lipinski definition) is 1. The Bertz CT molecular complexity index is 910. The minimum absolute atomic E-state index is 0.0540. The van der Waals surface area contributed by atoms with Gasteiger partial charge in [-0.05, 0) is 29.8 Å². The molecule has 2 heterocycles.